The molecule has 0 atom stereocenters. The second-order valence-corrected chi connectivity index (χ2v) is 9.17. The van der Waals surface area contributed by atoms with Gasteiger partial charge in [0.05, 0.1) is 5.69 Å². The molecule has 148 valence electrons. The molecule has 0 aliphatic carbocycles. The lowest BCUT2D eigenvalue weighted by molar-refractivity contribution is 1.03. The minimum atomic E-state index is 0.997. The second-order valence-electron chi connectivity index (χ2n) is 7.95. The van der Waals surface area contributed by atoms with E-state index in [0.29, 0.717) is 0 Å². The molecule has 0 radical (unpaired) electrons. The summed E-state index contributed by atoms with van der Waals surface area (Å²) >= 11 is 1.86. The van der Waals surface area contributed by atoms with Crippen LogP contribution in [0.4, 0.5) is 0 Å². The fraction of sp³-hybridized carbons (Fsp3) is 0.148. The minimum absolute atomic E-state index is 0.997. The Labute approximate surface area is 181 Å². The van der Waals surface area contributed by atoms with E-state index in [4.69, 9.17) is 4.98 Å². The Balaban J connectivity index is 1.75. The first kappa shape index (κ1) is 18.8. The molecule has 5 aromatic rings. The number of hydrogen-bond acceptors (Lipinski definition) is 2. The van der Waals surface area contributed by atoms with E-state index in [1.165, 1.54) is 54.0 Å². The van der Waals surface area contributed by atoms with Gasteiger partial charge in [-0.2, -0.15) is 0 Å². The summed E-state index contributed by atoms with van der Waals surface area (Å²) in [6.45, 7) is 8.74. The summed E-state index contributed by atoms with van der Waals surface area (Å²) in [6.07, 6.45) is 3.99. The van der Waals surface area contributed by atoms with Gasteiger partial charge in [-0.1, -0.05) is 60.2 Å². The van der Waals surface area contributed by atoms with Crippen LogP contribution in [-0.4, -0.2) is 9.55 Å². The Hall–Kier alpha value is -3.17. The smallest absolute Gasteiger partial charge is 0.145 e. The average Bonchev–Trinajstić information content (AvgIpc) is 3.31. The lowest BCUT2D eigenvalue weighted by Crippen LogP contribution is -2.02. The van der Waals surface area contributed by atoms with Crippen LogP contribution in [0.3, 0.4) is 0 Å². The van der Waals surface area contributed by atoms with E-state index in [2.05, 4.69) is 99.1 Å². The maximum absolute atomic E-state index is 4.80. The first-order valence-corrected chi connectivity index (χ1v) is 11.1. The van der Waals surface area contributed by atoms with E-state index in [0.717, 1.165) is 5.82 Å². The quantitative estimate of drug-likeness (QED) is 0.300. The van der Waals surface area contributed by atoms with Gasteiger partial charge in [-0.25, -0.2) is 4.98 Å². The van der Waals surface area contributed by atoms with Gasteiger partial charge in [-0.3, -0.25) is 4.57 Å². The van der Waals surface area contributed by atoms with Crippen molar-refractivity contribution in [3.05, 3.63) is 94.6 Å². The highest BCUT2D eigenvalue weighted by molar-refractivity contribution is 7.20. The fourth-order valence-electron chi connectivity index (χ4n) is 4.61. The average molecular weight is 409 g/mol. The summed E-state index contributed by atoms with van der Waals surface area (Å²) in [4.78, 5) is 6.14. The number of rotatable bonds is 3. The van der Waals surface area contributed by atoms with Crippen LogP contribution in [0.1, 0.15) is 21.6 Å². The molecule has 0 N–H and O–H groups in total. The number of aryl methyl sites for hydroxylation is 4. The van der Waals surface area contributed by atoms with Gasteiger partial charge in [0.15, 0.2) is 0 Å². The van der Waals surface area contributed by atoms with Gasteiger partial charge in [0.2, 0.25) is 0 Å². The molecule has 2 aromatic heterocycles. The van der Waals surface area contributed by atoms with Crippen LogP contribution in [0.5, 0.6) is 0 Å². The highest BCUT2D eigenvalue weighted by atomic mass is 32.1. The normalized spacial score (nSPS) is 11.3. The van der Waals surface area contributed by atoms with E-state index in [1.807, 2.05) is 17.5 Å². The maximum atomic E-state index is 4.80. The molecule has 0 fully saturated rings. The first-order chi connectivity index (χ1) is 14.5. The van der Waals surface area contributed by atoms with E-state index < -0.39 is 0 Å². The summed E-state index contributed by atoms with van der Waals surface area (Å²) in [5.74, 6) is 0.997. The number of aromatic nitrogens is 2. The van der Waals surface area contributed by atoms with Crippen LogP contribution in [-0.2, 0) is 0 Å². The van der Waals surface area contributed by atoms with Crippen LogP contribution in [0.2, 0.25) is 0 Å². The molecule has 0 aliphatic rings. The largest absolute Gasteiger partial charge is 0.299 e. The zero-order valence-electron chi connectivity index (χ0n) is 17.7. The van der Waals surface area contributed by atoms with Crippen molar-refractivity contribution in [1.29, 1.82) is 0 Å². The van der Waals surface area contributed by atoms with Crippen molar-refractivity contribution < 1.29 is 0 Å². The molecule has 0 saturated heterocycles. The number of imidazole rings is 1. The van der Waals surface area contributed by atoms with Gasteiger partial charge in [0, 0.05) is 38.5 Å². The van der Waals surface area contributed by atoms with Crippen LogP contribution < -0.4 is 0 Å². The minimum Gasteiger partial charge on any atom is -0.299 e. The Bertz CT molecular complexity index is 1350. The van der Waals surface area contributed by atoms with E-state index in [1.54, 1.807) is 0 Å². The molecular weight excluding hydrogens is 384 g/mol. The molecule has 2 heterocycles. The molecule has 5 rings (SSSR count). The van der Waals surface area contributed by atoms with Gasteiger partial charge in [0.25, 0.3) is 0 Å². The van der Waals surface area contributed by atoms with Crippen LogP contribution >= 0.6 is 11.3 Å². The molecule has 2 nitrogen and oxygen atoms in total. The Morgan fingerprint density at radius 3 is 2.30 bits per heavy atom. The third-order valence-electron chi connectivity index (χ3n) is 5.71. The Morgan fingerprint density at radius 2 is 1.57 bits per heavy atom. The van der Waals surface area contributed by atoms with Gasteiger partial charge in [0.1, 0.15) is 5.82 Å². The molecule has 0 amide bonds. The van der Waals surface area contributed by atoms with Crippen molar-refractivity contribution in [3.63, 3.8) is 0 Å². The number of fused-ring (bicyclic) bond motifs is 1. The van der Waals surface area contributed by atoms with Crippen molar-refractivity contribution >= 4 is 21.4 Å². The maximum Gasteiger partial charge on any atom is 0.145 e. The molecule has 0 spiro atoms. The Morgan fingerprint density at radius 1 is 0.833 bits per heavy atom. The summed E-state index contributed by atoms with van der Waals surface area (Å²) in [5.41, 5.74) is 8.84. The standard InChI is InChI=1S/C27H24N2S/c1-17-15-18(2)25(19(3)16-17)29-14-13-28-27(29)23-12-8-11-22-24(20(4)30-26(22)23)21-9-6-5-7-10-21/h5-16H,1-4H3. The number of benzene rings is 3. The predicted molar refractivity (Wildman–Crippen MR) is 129 cm³/mol. The lowest BCUT2D eigenvalue weighted by Gasteiger charge is -2.15. The molecule has 3 heteroatoms. The molecule has 0 bridgehead atoms. The molecule has 30 heavy (non-hydrogen) atoms. The zero-order chi connectivity index (χ0) is 20.8. The summed E-state index contributed by atoms with van der Waals surface area (Å²) in [5, 5.41) is 1.30. The van der Waals surface area contributed by atoms with Gasteiger partial charge < -0.3 is 0 Å². The summed E-state index contributed by atoms with van der Waals surface area (Å²) < 4.78 is 3.54. The molecular formula is C27H24N2S. The molecule has 0 unspecified atom stereocenters. The van der Waals surface area contributed by atoms with E-state index in [9.17, 15) is 0 Å². The number of nitrogens with zero attached hydrogens (tertiary/aromatic N) is 2. The number of hydrogen-bond donors (Lipinski definition) is 0. The zero-order valence-corrected chi connectivity index (χ0v) is 18.5. The van der Waals surface area contributed by atoms with Gasteiger partial charge >= 0.3 is 0 Å². The first-order valence-electron chi connectivity index (χ1n) is 10.2. The van der Waals surface area contributed by atoms with Crippen LogP contribution in [0.15, 0.2) is 73.1 Å². The SMILES string of the molecule is Cc1cc(C)c(-n2ccnc2-c2cccc3c(-c4ccccc4)c(C)sc23)c(C)c1. The fourth-order valence-corrected chi connectivity index (χ4v) is 5.80. The molecule has 0 aliphatic heterocycles. The number of thiophene rings is 1. The lowest BCUT2D eigenvalue weighted by atomic mass is 10.0. The van der Waals surface area contributed by atoms with Crippen molar-refractivity contribution in [1.82, 2.24) is 9.55 Å². The third kappa shape index (κ3) is 2.98. The van der Waals surface area contributed by atoms with Crippen molar-refractivity contribution in [2.75, 3.05) is 0 Å². The van der Waals surface area contributed by atoms with E-state index >= 15 is 0 Å². The van der Waals surface area contributed by atoms with Crippen molar-refractivity contribution in [2.24, 2.45) is 0 Å². The van der Waals surface area contributed by atoms with Crippen molar-refractivity contribution in [3.8, 4) is 28.2 Å². The summed E-state index contributed by atoms with van der Waals surface area (Å²) in [7, 11) is 0. The molecule has 0 saturated carbocycles. The van der Waals surface area contributed by atoms with Crippen LogP contribution in [0.25, 0.3) is 38.3 Å². The highest BCUT2D eigenvalue weighted by Crippen LogP contribution is 2.42. The molecule has 3 aromatic carbocycles. The third-order valence-corrected chi connectivity index (χ3v) is 6.87. The predicted octanol–water partition coefficient (Wildman–Crippen LogP) is 7.65. The van der Waals surface area contributed by atoms with Crippen LogP contribution in [0, 0.1) is 27.7 Å². The summed E-state index contributed by atoms with van der Waals surface area (Å²) in [6, 6.07) is 21.8. The topological polar surface area (TPSA) is 17.8 Å². The monoisotopic (exact) mass is 408 g/mol. The highest BCUT2D eigenvalue weighted by Gasteiger charge is 2.18. The Kier molecular flexibility index (Phi) is 4.56. The van der Waals surface area contributed by atoms with E-state index in [-0.39, 0.29) is 0 Å². The van der Waals surface area contributed by atoms with Gasteiger partial charge in [-0.05, 0) is 50.5 Å². The second kappa shape index (κ2) is 7.26. The van der Waals surface area contributed by atoms with Crippen molar-refractivity contribution in [2.45, 2.75) is 27.7 Å². The van der Waals surface area contributed by atoms with Gasteiger partial charge in [-0.15, -0.1) is 11.3 Å².